The molecular weight excluding hydrogens is 183 g/mol. The monoisotopic (exact) mass is 190 g/mol. The fraction of sp³-hybridized carbons (Fsp3) is 0. The first-order chi connectivity index (χ1) is 1.73. The van der Waals surface area contributed by atoms with Crippen molar-refractivity contribution in [2.75, 3.05) is 0 Å². The van der Waals surface area contributed by atoms with Crippen LogP contribution in [0.15, 0.2) is 0 Å². The summed E-state index contributed by atoms with van der Waals surface area (Å²) in [4.78, 5) is 14.3. The third-order valence-electron chi connectivity index (χ3n) is 0. The van der Waals surface area contributed by atoms with Crippen molar-refractivity contribution in [2.45, 2.75) is 0 Å². The Bertz CT molecular complexity index is 37.9. The summed E-state index contributed by atoms with van der Waals surface area (Å²) in [5, 5.41) is 0. The standard InChI is InChI=1S/Al.Fe.Mg.H2O3Si.5H/c;;;1-4(2)3;;;;;/h;;;1-2H;;;;;. The van der Waals surface area contributed by atoms with Crippen LogP contribution in [0.4, 0.5) is 0 Å². The van der Waals surface area contributed by atoms with Gasteiger partial charge >= 0.3 is 32.2 Å². The van der Waals surface area contributed by atoms with Crippen molar-refractivity contribution in [3.8, 4) is 0 Å². The van der Waals surface area contributed by atoms with Crippen LogP contribution in [-0.2, 0) is 21.5 Å². The zero-order chi connectivity index (χ0) is 3.58. The molecule has 0 aromatic carbocycles. The van der Waals surface area contributed by atoms with Gasteiger partial charge in [-0.25, -0.2) is 0 Å². The van der Waals surface area contributed by atoms with Crippen molar-refractivity contribution in [2.24, 2.45) is 0 Å². The van der Waals surface area contributed by atoms with E-state index in [0.29, 0.717) is 0 Å². The van der Waals surface area contributed by atoms with Crippen LogP contribution in [0.1, 0.15) is 0 Å². The Kier molecular flexibility index (Phi) is 53.0. The third-order valence-corrected chi connectivity index (χ3v) is 0. The summed E-state index contributed by atoms with van der Waals surface area (Å²) in [6.07, 6.45) is 0. The average molecular weight is 190 g/mol. The maximum Gasteiger partial charge on any atom is 0.761 e. The predicted octanol–water partition coefficient (Wildman–Crippen LogP) is -3.72. The summed E-state index contributed by atoms with van der Waals surface area (Å²) in [7, 11) is -3.13. The van der Waals surface area contributed by atoms with Gasteiger partial charge in [0, 0.05) is 17.1 Å². The van der Waals surface area contributed by atoms with E-state index < -0.39 is 9.17 Å². The summed E-state index contributed by atoms with van der Waals surface area (Å²) in [5.74, 6) is 0. The van der Waals surface area contributed by atoms with Crippen LogP contribution >= 0.6 is 0 Å². The molecule has 0 radical (unpaired) electrons. The largest absolute Gasteiger partial charge is 0.761 e. The summed E-state index contributed by atoms with van der Waals surface area (Å²) >= 11 is 0. The predicted molar refractivity (Wildman–Crippen MR) is 29.4 cm³/mol. The second-order valence-corrected chi connectivity index (χ2v) is 0.848. The first-order valence-corrected chi connectivity index (χ1v) is 1.95. The fourth-order valence-corrected chi connectivity index (χ4v) is 0. The summed E-state index contributed by atoms with van der Waals surface area (Å²) < 4.78 is 8.74. The Balaban J connectivity index is -0.0000000150. The Morgan fingerprint density at radius 1 is 1.29 bits per heavy atom. The van der Waals surface area contributed by atoms with Gasteiger partial charge in [-0.3, -0.25) is 4.46 Å². The molecule has 0 atom stereocenters. The van der Waals surface area contributed by atoms with E-state index in [-0.39, 0.29) is 57.5 Å². The molecule has 0 unspecified atom stereocenters. The zero-order valence-electron chi connectivity index (χ0n) is 2.16. The SMILES string of the molecule is O=[Si](O)O.[AlH3].[Fe].[MgH2]. The van der Waals surface area contributed by atoms with Crippen molar-refractivity contribution in [3.63, 3.8) is 0 Å². The minimum absolute atomic E-state index is 0. The molecule has 0 rings (SSSR count). The van der Waals surface area contributed by atoms with Gasteiger partial charge in [0.15, 0.2) is 17.4 Å². The second kappa shape index (κ2) is 15.7. The van der Waals surface area contributed by atoms with E-state index in [1.807, 2.05) is 0 Å². The van der Waals surface area contributed by atoms with E-state index in [0.717, 1.165) is 0 Å². The van der Waals surface area contributed by atoms with E-state index in [4.69, 9.17) is 14.1 Å². The molecule has 0 bridgehead atoms. The molecule has 0 aliphatic heterocycles. The number of rotatable bonds is 0. The van der Waals surface area contributed by atoms with Crippen LogP contribution in [0, 0.1) is 0 Å². The van der Waals surface area contributed by atoms with E-state index in [9.17, 15) is 0 Å². The Morgan fingerprint density at radius 2 is 1.29 bits per heavy atom. The minimum Gasteiger partial charge on any atom is -0.511 e. The van der Waals surface area contributed by atoms with Crippen molar-refractivity contribution < 1.29 is 31.1 Å². The first-order valence-electron chi connectivity index (χ1n) is 0.651. The van der Waals surface area contributed by atoms with Crippen LogP contribution in [0.2, 0.25) is 0 Å². The quantitative estimate of drug-likeness (QED) is 0.386. The van der Waals surface area contributed by atoms with Crippen molar-refractivity contribution in [1.29, 1.82) is 0 Å². The summed E-state index contributed by atoms with van der Waals surface area (Å²) in [6, 6.07) is 0. The Hall–Kier alpha value is 1.44. The summed E-state index contributed by atoms with van der Waals surface area (Å²) in [5.41, 5.74) is 0. The molecule has 0 aromatic rings. The minimum atomic E-state index is -3.13. The molecule has 0 saturated heterocycles. The molecule has 0 saturated carbocycles. The fourth-order valence-electron chi connectivity index (χ4n) is 0. The molecule has 7 heavy (non-hydrogen) atoms. The third kappa shape index (κ3) is 107. The summed E-state index contributed by atoms with van der Waals surface area (Å²) in [6.45, 7) is 0. The molecule has 0 amide bonds. The number of hydrogen-bond donors (Lipinski definition) is 2. The Labute approximate surface area is 80.2 Å². The normalized spacial score (nSPS) is 3.43. The van der Waals surface area contributed by atoms with Crippen molar-refractivity contribution >= 4 is 49.6 Å². The van der Waals surface area contributed by atoms with E-state index in [1.165, 1.54) is 0 Å². The van der Waals surface area contributed by atoms with Crippen LogP contribution in [0.5, 0.6) is 0 Å². The van der Waals surface area contributed by atoms with Gasteiger partial charge in [-0.05, 0) is 0 Å². The van der Waals surface area contributed by atoms with Crippen molar-refractivity contribution in [1.82, 2.24) is 0 Å². The molecule has 3 nitrogen and oxygen atoms in total. The maximum atomic E-state index is 8.74. The zero-order valence-corrected chi connectivity index (χ0v) is 4.26. The van der Waals surface area contributed by atoms with E-state index >= 15 is 0 Å². The molecule has 0 aliphatic rings. The van der Waals surface area contributed by atoms with Gasteiger partial charge in [-0.15, -0.1) is 0 Å². The molecule has 2 N–H and O–H groups in total. The molecule has 7 heteroatoms. The second-order valence-electron chi connectivity index (χ2n) is 0.283. The first kappa shape index (κ1) is 23.7. The van der Waals surface area contributed by atoms with Crippen LogP contribution in [0.3, 0.4) is 0 Å². The van der Waals surface area contributed by atoms with Gasteiger partial charge in [0.25, 0.3) is 0 Å². The van der Waals surface area contributed by atoms with Crippen LogP contribution in [0.25, 0.3) is 0 Å². The molecule has 0 aliphatic carbocycles. The molecule has 0 heterocycles. The van der Waals surface area contributed by atoms with Gasteiger partial charge in [0.1, 0.15) is 0 Å². The van der Waals surface area contributed by atoms with E-state index in [1.54, 1.807) is 0 Å². The molecule has 0 fully saturated rings. The average Bonchev–Trinajstić information content (AvgIpc) is 0.811. The molecular formula is H7AlFeMgO3Si. The van der Waals surface area contributed by atoms with E-state index in [2.05, 4.69) is 0 Å². The van der Waals surface area contributed by atoms with Gasteiger partial charge < -0.3 is 9.59 Å². The van der Waals surface area contributed by atoms with Gasteiger partial charge in [0.2, 0.25) is 0 Å². The molecule has 0 spiro atoms. The molecule has 0 aromatic heterocycles. The number of hydrogen-bond acceptors (Lipinski definition) is 1. The van der Waals surface area contributed by atoms with Gasteiger partial charge in [-0.1, -0.05) is 0 Å². The van der Waals surface area contributed by atoms with Gasteiger partial charge in [-0.2, -0.15) is 0 Å². The maximum absolute atomic E-state index is 8.74. The topological polar surface area (TPSA) is 57.5 Å². The smallest absolute Gasteiger partial charge is 0.511 e. The molecule has 42 valence electrons. The van der Waals surface area contributed by atoms with Crippen LogP contribution < -0.4 is 0 Å². The van der Waals surface area contributed by atoms with Gasteiger partial charge in [0.05, 0.1) is 0 Å². The van der Waals surface area contributed by atoms with Crippen molar-refractivity contribution in [3.05, 3.63) is 0 Å². The van der Waals surface area contributed by atoms with Crippen LogP contribution in [-0.4, -0.2) is 59.2 Å². The Morgan fingerprint density at radius 3 is 1.29 bits per heavy atom.